The molecule has 1 saturated heterocycles. The first kappa shape index (κ1) is 21.0. The van der Waals surface area contributed by atoms with Crippen LogP contribution in [0.1, 0.15) is 79.1 Å². The Morgan fingerprint density at radius 1 is 1.00 bits per heavy atom. The Balaban J connectivity index is 1.70. The molecule has 0 aromatic carbocycles. The third-order valence-corrected chi connectivity index (χ3v) is 6.08. The molecule has 2 rings (SSSR count). The average molecular weight is 367 g/mol. The van der Waals surface area contributed by atoms with Crippen LogP contribution in [0.2, 0.25) is 0 Å². The van der Waals surface area contributed by atoms with Crippen LogP contribution in [0.3, 0.4) is 0 Å². The fraction of sp³-hybridized carbons (Fsp3) is 0.900. The van der Waals surface area contributed by atoms with E-state index in [2.05, 4.69) is 41.6 Å². The van der Waals surface area contributed by atoms with Crippen molar-refractivity contribution in [2.45, 2.75) is 103 Å². The van der Waals surface area contributed by atoms with Gasteiger partial charge in [0.1, 0.15) is 0 Å². The van der Waals surface area contributed by atoms with Gasteiger partial charge >= 0.3 is 6.03 Å². The molecule has 0 aromatic rings. The van der Waals surface area contributed by atoms with Crippen molar-refractivity contribution in [2.24, 2.45) is 0 Å². The van der Waals surface area contributed by atoms with E-state index >= 15 is 0 Å². The molecule has 6 heteroatoms. The highest BCUT2D eigenvalue weighted by molar-refractivity contribution is 5.82. The molecule has 1 aliphatic carbocycles. The molecule has 2 fully saturated rings. The Morgan fingerprint density at radius 2 is 1.54 bits per heavy atom. The Bertz CT molecular complexity index is 466. The molecule has 150 valence electrons. The number of hydrogen-bond acceptors (Lipinski definition) is 3. The van der Waals surface area contributed by atoms with E-state index in [1.807, 2.05) is 6.92 Å². The van der Waals surface area contributed by atoms with Crippen molar-refractivity contribution >= 4 is 11.9 Å². The van der Waals surface area contributed by atoms with Gasteiger partial charge in [0, 0.05) is 30.7 Å². The number of carbonyl (C=O) groups excluding carboxylic acids is 2. The fourth-order valence-electron chi connectivity index (χ4n) is 3.78. The van der Waals surface area contributed by atoms with Crippen LogP contribution in [0.5, 0.6) is 0 Å². The van der Waals surface area contributed by atoms with Gasteiger partial charge in [-0.05, 0) is 52.9 Å². The third-order valence-electron chi connectivity index (χ3n) is 6.08. The average Bonchev–Trinajstić information content (AvgIpc) is 2.62. The van der Waals surface area contributed by atoms with E-state index in [0.717, 1.165) is 45.2 Å². The molecule has 1 saturated carbocycles. The molecule has 0 radical (unpaired) electrons. The highest BCUT2D eigenvalue weighted by atomic mass is 16.2. The first-order valence-electron chi connectivity index (χ1n) is 10.4. The summed E-state index contributed by atoms with van der Waals surface area (Å²) in [6.07, 6.45) is 8.64. The van der Waals surface area contributed by atoms with Gasteiger partial charge < -0.3 is 16.0 Å². The smallest absolute Gasteiger partial charge is 0.315 e. The standard InChI is InChI=1S/C20H38N4O2/c1-5-20(3,4)23-18(25)15(2)24-13-11-17(12-14-24)22-19(26)21-16-9-7-6-8-10-16/h15-17H,5-14H2,1-4H3,(H,23,25)(H2,21,22,26). The van der Waals surface area contributed by atoms with Crippen molar-refractivity contribution in [3.05, 3.63) is 0 Å². The second kappa shape index (κ2) is 9.58. The van der Waals surface area contributed by atoms with Crippen molar-refractivity contribution in [3.63, 3.8) is 0 Å². The number of urea groups is 1. The lowest BCUT2D eigenvalue weighted by Gasteiger charge is -2.37. The highest BCUT2D eigenvalue weighted by Gasteiger charge is 2.29. The van der Waals surface area contributed by atoms with Crippen LogP contribution >= 0.6 is 0 Å². The van der Waals surface area contributed by atoms with Gasteiger partial charge in [-0.25, -0.2) is 4.79 Å². The number of likely N-dealkylation sites (tertiary alicyclic amines) is 1. The Kier molecular flexibility index (Phi) is 7.74. The summed E-state index contributed by atoms with van der Waals surface area (Å²) in [5.74, 6) is 0.0956. The third kappa shape index (κ3) is 6.45. The second-order valence-electron chi connectivity index (χ2n) is 8.67. The molecule has 0 bridgehead atoms. The van der Waals surface area contributed by atoms with E-state index in [-0.39, 0.29) is 29.6 Å². The number of nitrogens with zero attached hydrogens (tertiary/aromatic N) is 1. The number of hydrogen-bond donors (Lipinski definition) is 3. The Morgan fingerprint density at radius 3 is 2.08 bits per heavy atom. The monoisotopic (exact) mass is 366 g/mol. The number of rotatable bonds is 6. The molecule has 1 heterocycles. The van der Waals surface area contributed by atoms with Gasteiger partial charge in [0.15, 0.2) is 0 Å². The zero-order valence-electron chi connectivity index (χ0n) is 17.1. The zero-order chi connectivity index (χ0) is 19.2. The zero-order valence-corrected chi connectivity index (χ0v) is 17.1. The number of amides is 3. The Hall–Kier alpha value is -1.30. The molecule has 3 amide bonds. The van der Waals surface area contributed by atoms with E-state index in [0.29, 0.717) is 6.04 Å². The lowest BCUT2D eigenvalue weighted by Crippen LogP contribution is -2.55. The van der Waals surface area contributed by atoms with Gasteiger partial charge in [-0.3, -0.25) is 9.69 Å². The van der Waals surface area contributed by atoms with Crippen LogP contribution in [0.4, 0.5) is 4.79 Å². The molecule has 2 aliphatic rings. The summed E-state index contributed by atoms with van der Waals surface area (Å²) >= 11 is 0. The van der Waals surface area contributed by atoms with Crippen molar-refractivity contribution < 1.29 is 9.59 Å². The van der Waals surface area contributed by atoms with Gasteiger partial charge in [-0.15, -0.1) is 0 Å². The topological polar surface area (TPSA) is 73.5 Å². The molecule has 0 aromatic heterocycles. The molecule has 1 aliphatic heterocycles. The Labute approximate surface area is 158 Å². The second-order valence-corrected chi connectivity index (χ2v) is 8.67. The minimum Gasteiger partial charge on any atom is -0.350 e. The molecule has 0 spiro atoms. The molecule has 26 heavy (non-hydrogen) atoms. The minimum atomic E-state index is -0.164. The minimum absolute atomic E-state index is 0.0224. The van der Waals surface area contributed by atoms with E-state index in [4.69, 9.17) is 0 Å². The highest BCUT2D eigenvalue weighted by Crippen LogP contribution is 2.18. The maximum absolute atomic E-state index is 12.5. The summed E-state index contributed by atoms with van der Waals surface area (Å²) in [6, 6.07) is 0.398. The molecule has 1 unspecified atom stereocenters. The van der Waals surface area contributed by atoms with E-state index in [1.165, 1.54) is 19.3 Å². The quantitative estimate of drug-likeness (QED) is 0.677. The van der Waals surface area contributed by atoms with Gasteiger partial charge in [0.2, 0.25) is 5.91 Å². The van der Waals surface area contributed by atoms with Crippen molar-refractivity contribution in [1.29, 1.82) is 0 Å². The summed E-state index contributed by atoms with van der Waals surface area (Å²) in [6.45, 7) is 9.85. The van der Waals surface area contributed by atoms with Gasteiger partial charge in [0.05, 0.1) is 6.04 Å². The summed E-state index contributed by atoms with van der Waals surface area (Å²) in [4.78, 5) is 26.9. The number of nitrogens with one attached hydrogen (secondary N) is 3. The van der Waals surface area contributed by atoms with E-state index < -0.39 is 0 Å². The summed E-state index contributed by atoms with van der Waals surface area (Å²) in [7, 11) is 0. The molecule has 1 atom stereocenters. The predicted octanol–water partition coefficient (Wildman–Crippen LogP) is 2.78. The first-order chi connectivity index (χ1) is 12.3. The molecular weight excluding hydrogens is 328 g/mol. The summed E-state index contributed by atoms with van der Waals surface area (Å²) in [5, 5.41) is 9.38. The van der Waals surface area contributed by atoms with Crippen molar-refractivity contribution in [3.8, 4) is 0 Å². The maximum atomic E-state index is 12.5. The van der Waals surface area contributed by atoms with Crippen LogP contribution < -0.4 is 16.0 Å². The normalized spacial score (nSPS) is 21.8. The first-order valence-corrected chi connectivity index (χ1v) is 10.4. The fourth-order valence-corrected chi connectivity index (χ4v) is 3.78. The SMILES string of the molecule is CCC(C)(C)NC(=O)C(C)N1CCC(NC(=O)NC2CCCCC2)CC1. The van der Waals surface area contributed by atoms with E-state index in [1.54, 1.807) is 0 Å². The number of piperidine rings is 1. The van der Waals surface area contributed by atoms with Crippen molar-refractivity contribution in [2.75, 3.05) is 13.1 Å². The van der Waals surface area contributed by atoms with E-state index in [9.17, 15) is 9.59 Å². The maximum Gasteiger partial charge on any atom is 0.315 e. The van der Waals surface area contributed by atoms with Gasteiger partial charge in [0.25, 0.3) is 0 Å². The van der Waals surface area contributed by atoms with Crippen LogP contribution in [-0.4, -0.2) is 53.6 Å². The summed E-state index contributed by atoms with van der Waals surface area (Å²) in [5.41, 5.74) is -0.164. The van der Waals surface area contributed by atoms with Crippen molar-refractivity contribution in [1.82, 2.24) is 20.9 Å². The lowest BCUT2D eigenvalue weighted by atomic mass is 9.96. The lowest BCUT2D eigenvalue weighted by molar-refractivity contribution is -0.128. The molecule has 6 nitrogen and oxygen atoms in total. The van der Waals surface area contributed by atoms with Crippen LogP contribution in [-0.2, 0) is 4.79 Å². The predicted molar refractivity (Wildman–Crippen MR) is 105 cm³/mol. The van der Waals surface area contributed by atoms with Crippen LogP contribution in [0, 0.1) is 0 Å². The van der Waals surface area contributed by atoms with Crippen LogP contribution in [0.25, 0.3) is 0 Å². The molecule has 3 N–H and O–H groups in total. The van der Waals surface area contributed by atoms with Gasteiger partial charge in [-0.2, -0.15) is 0 Å². The largest absolute Gasteiger partial charge is 0.350 e. The van der Waals surface area contributed by atoms with Gasteiger partial charge in [-0.1, -0.05) is 26.2 Å². The summed E-state index contributed by atoms with van der Waals surface area (Å²) < 4.78 is 0. The number of carbonyl (C=O) groups is 2. The molecular formula is C20H38N4O2. The van der Waals surface area contributed by atoms with Crippen LogP contribution in [0.15, 0.2) is 0 Å².